The van der Waals surface area contributed by atoms with E-state index in [4.69, 9.17) is 20.0 Å². The fraction of sp³-hybridized carbons (Fsp3) is 0.875. The van der Waals surface area contributed by atoms with E-state index in [1.807, 2.05) is 0 Å². The van der Waals surface area contributed by atoms with E-state index < -0.39 is 43.2 Å². The van der Waals surface area contributed by atoms with Gasteiger partial charge in [0, 0.05) is 6.92 Å². The van der Waals surface area contributed by atoms with Gasteiger partial charge in [-0.3, -0.25) is 4.79 Å². The van der Waals surface area contributed by atoms with Crippen molar-refractivity contribution in [1.82, 2.24) is 17.6 Å². The Balaban J connectivity index is -0.0000000839. The Labute approximate surface area is 159 Å². The molecule has 12 N–H and O–H groups in total. The third kappa shape index (κ3) is 12.9. The SMILES string of the molecule is CC(=O)N[C@@H]1[C@@H](O)[C@H](O)[C@@H](CO)O[C@H]1O.N.N.O=NO.[Cl-].[Cl-].[Pt+4]. The number of carbonyl (C=O) groups excluding carboxylic acids is 1. The van der Waals surface area contributed by atoms with Gasteiger partial charge in [0.1, 0.15) is 24.4 Å². The monoisotopic (exact) mass is 567 g/mol. The molecule has 0 bridgehead atoms. The molecule has 1 aliphatic heterocycles. The molecule has 0 spiro atoms. The Kier molecular flexibility index (Phi) is 33.3. The van der Waals surface area contributed by atoms with Crippen LogP contribution in [0.5, 0.6) is 0 Å². The van der Waals surface area contributed by atoms with Gasteiger partial charge in [0.05, 0.1) is 6.61 Å². The molecule has 5 atom stereocenters. The Morgan fingerprint density at radius 3 is 1.87 bits per heavy atom. The summed E-state index contributed by atoms with van der Waals surface area (Å²) in [5.74, 6) is -0.462. The minimum absolute atomic E-state index is 0. The number of nitrogens with one attached hydrogen (secondary N) is 1. The van der Waals surface area contributed by atoms with Gasteiger partial charge in [-0.1, -0.05) is 0 Å². The van der Waals surface area contributed by atoms with Crippen LogP contribution in [0.15, 0.2) is 5.34 Å². The summed E-state index contributed by atoms with van der Waals surface area (Å²) in [5, 5.41) is 47.3. The number of amides is 1. The molecule has 0 saturated carbocycles. The maximum Gasteiger partial charge on any atom is 4.00 e. The van der Waals surface area contributed by atoms with E-state index in [-0.39, 0.29) is 58.2 Å². The predicted molar refractivity (Wildman–Crippen MR) is 65.2 cm³/mol. The molecule has 15 heteroatoms. The largest absolute Gasteiger partial charge is 4.00 e. The zero-order chi connectivity index (χ0) is 14.3. The van der Waals surface area contributed by atoms with Crippen molar-refractivity contribution in [2.75, 3.05) is 6.61 Å². The van der Waals surface area contributed by atoms with Crippen LogP contribution in [0.25, 0.3) is 0 Å². The zero-order valence-electron chi connectivity index (χ0n) is 12.0. The minimum Gasteiger partial charge on any atom is -1.00 e. The number of aliphatic hydroxyl groups is 4. The fourth-order valence-electron chi connectivity index (χ4n) is 1.49. The van der Waals surface area contributed by atoms with E-state index in [0.717, 1.165) is 0 Å². The molecule has 1 aliphatic rings. The van der Waals surface area contributed by atoms with Gasteiger partial charge in [-0.05, 0) is 0 Å². The van der Waals surface area contributed by atoms with Crippen LogP contribution in [0.2, 0.25) is 0 Å². The second-order valence-electron chi connectivity index (χ2n) is 3.54. The minimum atomic E-state index is -1.45. The van der Waals surface area contributed by atoms with Gasteiger partial charge in [0.2, 0.25) is 5.91 Å². The molecular formula is C8H22Cl2N4O8Pt+2. The van der Waals surface area contributed by atoms with Gasteiger partial charge in [0.25, 0.3) is 0 Å². The molecule has 0 aliphatic carbocycles. The molecule has 1 fully saturated rings. The number of carbonyl (C=O) groups is 1. The maximum absolute atomic E-state index is 10.7. The van der Waals surface area contributed by atoms with Crippen molar-refractivity contribution < 1.29 is 81.0 Å². The van der Waals surface area contributed by atoms with Crippen LogP contribution in [-0.2, 0) is 30.6 Å². The van der Waals surface area contributed by atoms with Gasteiger partial charge in [-0.2, -0.15) is 0 Å². The van der Waals surface area contributed by atoms with Crippen molar-refractivity contribution in [1.29, 1.82) is 0 Å². The van der Waals surface area contributed by atoms with Gasteiger partial charge < -0.3 is 72.8 Å². The number of nitrogens with zero attached hydrogens (tertiary/aromatic N) is 1. The van der Waals surface area contributed by atoms with Crippen molar-refractivity contribution in [3.05, 3.63) is 4.91 Å². The molecule has 144 valence electrons. The Hall–Kier alpha value is -0.142. The quantitative estimate of drug-likeness (QED) is 0.116. The molecule has 1 saturated heterocycles. The average molecular weight is 568 g/mol. The summed E-state index contributed by atoms with van der Waals surface area (Å²) in [5.41, 5.74) is 0. The van der Waals surface area contributed by atoms with Gasteiger partial charge >= 0.3 is 21.1 Å². The summed E-state index contributed by atoms with van der Waals surface area (Å²) >= 11 is 0. The molecule has 0 aromatic heterocycles. The van der Waals surface area contributed by atoms with Crippen molar-refractivity contribution in [2.24, 2.45) is 5.34 Å². The molecule has 1 rings (SSSR count). The number of hydrogen-bond donors (Lipinski definition) is 8. The molecule has 12 nitrogen and oxygen atoms in total. The van der Waals surface area contributed by atoms with Gasteiger partial charge in [-0.15, -0.1) is 4.91 Å². The number of rotatable bonds is 2. The third-order valence-electron chi connectivity index (χ3n) is 2.27. The van der Waals surface area contributed by atoms with E-state index in [1.165, 1.54) is 12.3 Å². The summed E-state index contributed by atoms with van der Waals surface area (Å²) in [6, 6.07) is -1.10. The van der Waals surface area contributed by atoms with Gasteiger partial charge in [0.15, 0.2) is 11.6 Å². The molecule has 0 radical (unpaired) electrons. The average Bonchev–Trinajstić information content (AvgIpc) is 2.30. The van der Waals surface area contributed by atoms with Gasteiger partial charge in [-0.25, -0.2) is 0 Å². The van der Waals surface area contributed by atoms with Crippen molar-refractivity contribution >= 4 is 5.91 Å². The smallest absolute Gasteiger partial charge is 1.00 e. The van der Waals surface area contributed by atoms with E-state index >= 15 is 0 Å². The zero-order valence-corrected chi connectivity index (χ0v) is 15.8. The van der Waals surface area contributed by atoms with Crippen LogP contribution in [-0.4, -0.2) is 68.8 Å². The summed E-state index contributed by atoms with van der Waals surface area (Å²) in [7, 11) is 0. The summed E-state index contributed by atoms with van der Waals surface area (Å²) in [4.78, 5) is 18.9. The molecule has 1 amide bonds. The fourth-order valence-corrected chi connectivity index (χ4v) is 1.49. The van der Waals surface area contributed by atoms with E-state index in [9.17, 15) is 20.1 Å². The van der Waals surface area contributed by atoms with E-state index in [2.05, 4.69) is 5.32 Å². The van der Waals surface area contributed by atoms with Crippen molar-refractivity contribution in [3.63, 3.8) is 0 Å². The first-order valence-corrected chi connectivity index (χ1v) is 4.93. The second kappa shape index (κ2) is 19.9. The van der Waals surface area contributed by atoms with E-state index in [0.29, 0.717) is 0 Å². The molecule has 0 aromatic rings. The normalized spacial score (nSPS) is 27.4. The standard InChI is InChI=1S/C8H15NO6.2ClH.HNO2.2H3N.Pt/c1-3(11)9-5-7(13)6(12)4(2-10)15-8(5)14;;;2-1-3;;;/h4-8,10,12-14H,2H2,1H3,(H,9,11);2*1H;(H,2,3);2*1H3;/q;;;;;;+4/p-2/t4-,5-,6-,7-,8-;;;;;;/m1....../s1. The number of hydrogen-bond acceptors (Lipinski definition) is 10. The van der Waals surface area contributed by atoms with Crippen molar-refractivity contribution in [2.45, 2.75) is 37.6 Å². The van der Waals surface area contributed by atoms with E-state index in [1.54, 1.807) is 0 Å². The molecule has 23 heavy (non-hydrogen) atoms. The van der Waals surface area contributed by atoms with Crippen LogP contribution in [0.4, 0.5) is 0 Å². The van der Waals surface area contributed by atoms with Crippen LogP contribution in [0.3, 0.4) is 0 Å². The summed E-state index contributed by atoms with van der Waals surface area (Å²) < 4.78 is 4.81. The topological polar surface area (TPSA) is 239 Å². The van der Waals surface area contributed by atoms with Crippen molar-refractivity contribution in [3.8, 4) is 0 Å². The first kappa shape index (κ1) is 38.4. The first-order chi connectivity index (χ1) is 8.38. The Morgan fingerprint density at radius 2 is 1.57 bits per heavy atom. The second-order valence-corrected chi connectivity index (χ2v) is 3.54. The third-order valence-corrected chi connectivity index (χ3v) is 2.27. The maximum atomic E-state index is 10.7. The number of halogens is 2. The van der Waals surface area contributed by atoms with Crippen LogP contribution >= 0.6 is 0 Å². The first-order valence-electron chi connectivity index (χ1n) is 4.93. The Morgan fingerprint density at radius 1 is 1.17 bits per heavy atom. The molecule has 1 heterocycles. The van der Waals surface area contributed by atoms with Crippen LogP contribution < -0.4 is 42.4 Å². The molecular weight excluding hydrogens is 546 g/mol. The summed E-state index contributed by atoms with van der Waals surface area (Å²) in [6.45, 7) is 0.687. The molecule has 0 unspecified atom stereocenters. The Bertz CT molecular complexity index is 297. The summed E-state index contributed by atoms with van der Waals surface area (Å²) in [6.07, 6.45) is -5.24. The molecule has 0 aromatic carbocycles. The van der Waals surface area contributed by atoms with Crippen LogP contribution in [0.1, 0.15) is 6.92 Å². The predicted octanol–water partition coefficient (Wildman–Crippen LogP) is -8.61. The number of aliphatic hydroxyl groups excluding tert-OH is 4. The van der Waals surface area contributed by atoms with Crippen LogP contribution in [0, 0.1) is 4.91 Å². The number of ether oxygens (including phenoxy) is 1.